The van der Waals surface area contributed by atoms with Gasteiger partial charge in [-0.25, -0.2) is 0 Å². The Hall–Kier alpha value is -2.45. The molecule has 0 aliphatic carbocycles. The van der Waals surface area contributed by atoms with Crippen LogP contribution in [0.25, 0.3) is 10.7 Å². The van der Waals surface area contributed by atoms with E-state index in [2.05, 4.69) is 10.2 Å². The molecule has 1 aromatic carbocycles. The number of carbonyl (C=O) groups excluding carboxylic acids is 1. The molecule has 0 fully saturated rings. The minimum absolute atomic E-state index is 0.0594. The molecule has 0 aliphatic heterocycles. The first-order valence-electron chi connectivity index (χ1n) is 8.73. The maximum atomic E-state index is 12.5. The molecule has 2 heterocycles. The van der Waals surface area contributed by atoms with Crippen LogP contribution in [0.5, 0.6) is 5.75 Å². The average Bonchev–Trinajstić information content (AvgIpc) is 3.31. The number of ether oxygens (including phenoxy) is 1. The number of nitrogens with one attached hydrogen (secondary N) is 1. The molecular formula is C19H22N4O2S2. The largest absolute Gasteiger partial charge is 0.494 e. The summed E-state index contributed by atoms with van der Waals surface area (Å²) in [5.74, 6) is 1.67. The molecule has 0 bridgehead atoms. The molecule has 0 unspecified atom stereocenters. The Kier molecular flexibility index (Phi) is 6.41. The van der Waals surface area contributed by atoms with Gasteiger partial charge in [0, 0.05) is 26.6 Å². The molecule has 8 heteroatoms. The number of benzene rings is 1. The monoisotopic (exact) mass is 402 g/mol. The number of aromatic amines is 1. The van der Waals surface area contributed by atoms with Crippen LogP contribution in [0.3, 0.4) is 0 Å². The van der Waals surface area contributed by atoms with E-state index in [9.17, 15) is 4.79 Å². The number of H-pyrrole nitrogens is 1. The summed E-state index contributed by atoms with van der Waals surface area (Å²) in [5, 5.41) is 9.10. The van der Waals surface area contributed by atoms with Crippen molar-refractivity contribution in [1.82, 2.24) is 19.7 Å². The quantitative estimate of drug-likeness (QED) is 0.576. The van der Waals surface area contributed by atoms with E-state index in [1.807, 2.05) is 60.3 Å². The predicted octanol–water partition coefficient (Wildman–Crippen LogP) is 4.12. The van der Waals surface area contributed by atoms with Crippen LogP contribution in [0.2, 0.25) is 0 Å². The molecular weight excluding hydrogens is 380 g/mol. The smallest absolute Gasteiger partial charge is 0.224 e. The third-order valence-corrected chi connectivity index (χ3v) is 5.31. The number of hydrogen-bond acceptors (Lipinski definition) is 5. The van der Waals surface area contributed by atoms with Gasteiger partial charge in [0.25, 0.3) is 0 Å². The Balaban J connectivity index is 1.59. The molecule has 0 saturated heterocycles. The third kappa shape index (κ3) is 4.84. The predicted molar refractivity (Wildman–Crippen MR) is 109 cm³/mol. The van der Waals surface area contributed by atoms with E-state index in [1.54, 1.807) is 16.2 Å². The van der Waals surface area contributed by atoms with Crippen molar-refractivity contribution in [2.75, 3.05) is 13.7 Å². The van der Waals surface area contributed by atoms with Crippen molar-refractivity contribution in [3.8, 4) is 16.5 Å². The number of rotatable bonds is 8. The van der Waals surface area contributed by atoms with Gasteiger partial charge in [0.2, 0.25) is 5.91 Å². The van der Waals surface area contributed by atoms with Crippen LogP contribution < -0.4 is 4.74 Å². The molecule has 0 radical (unpaired) electrons. The van der Waals surface area contributed by atoms with Crippen LogP contribution in [0.4, 0.5) is 0 Å². The number of amides is 1. The molecule has 2 aromatic heterocycles. The van der Waals surface area contributed by atoms with E-state index < -0.39 is 0 Å². The fraction of sp³-hybridized carbons (Fsp3) is 0.316. The van der Waals surface area contributed by atoms with Gasteiger partial charge >= 0.3 is 0 Å². The first-order valence-corrected chi connectivity index (χ1v) is 10.0. The van der Waals surface area contributed by atoms with Gasteiger partial charge in [-0.05, 0) is 48.3 Å². The minimum Gasteiger partial charge on any atom is -0.494 e. The first kappa shape index (κ1) is 19.3. The lowest BCUT2D eigenvalue weighted by molar-refractivity contribution is -0.130. The maximum absolute atomic E-state index is 12.5. The summed E-state index contributed by atoms with van der Waals surface area (Å²) in [5.41, 5.74) is 1.06. The highest BCUT2D eigenvalue weighted by molar-refractivity contribution is 7.71. The summed E-state index contributed by atoms with van der Waals surface area (Å²) < 4.78 is 7.85. The highest BCUT2D eigenvalue weighted by Gasteiger charge is 2.14. The fourth-order valence-corrected chi connectivity index (χ4v) is 3.68. The number of carbonyl (C=O) groups is 1. The summed E-state index contributed by atoms with van der Waals surface area (Å²) in [6.07, 6.45) is 0.361. The first-order chi connectivity index (χ1) is 13.1. The lowest BCUT2D eigenvalue weighted by Crippen LogP contribution is -2.27. The van der Waals surface area contributed by atoms with Crippen molar-refractivity contribution in [2.24, 2.45) is 0 Å². The van der Waals surface area contributed by atoms with Gasteiger partial charge in [-0.2, -0.15) is 5.10 Å². The number of hydrogen-bond donors (Lipinski definition) is 1. The summed E-state index contributed by atoms with van der Waals surface area (Å²) in [6, 6.07) is 11.8. The second kappa shape index (κ2) is 8.96. The van der Waals surface area contributed by atoms with Crippen molar-refractivity contribution in [3.63, 3.8) is 0 Å². The molecule has 1 amide bonds. The second-order valence-electron chi connectivity index (χ2n) is 6.06. The van der Waals surface area contributed by atoms with Crippen molar-refractivity contribution in [1.29, 1.82) is 0 Å². The van der Waals surface area contributed by atoms with Crippen LogP contribution in [-0.4, -0.2) is 39.2 Å². The standard InChI is InChI=1S/C19H22N4O2S2/c1-3-25-15-8-6-14(7-9-15)13-22(2)17(24)10-11-23-18(20-21-19(23)26)16-5-4-12-27-16/h4-9,12H,3,10-11,13H2,1-2H3,(H,21,26). The highest BCUT2D eigenvalue weighted by Crippen LogP contribution is 2.23. The topological polar surface area (TPSA) is 63.1 Å². The Bertz CT molecular complexity index is 930. The van der Waals surface area contributed by atoms with Crippen LogP contribution >= 0.6 is 23.6 Å². The summed E-state index contributed by atoms with van der Waals surface area (Å²) in [7, 11) is 1.81. The molecule has 0 spiro atoms. The zero-order valence-corrected chi connectivity index (χ0v) is 17.0. The van der Waals surface area contributed by atoms with E-state index in [0.29, 0.717) is 30.9 Å². The van der Waals surface area contributed by atoms with Crippen molar-refractivity contribution in [3.05, 3.63) is 52.1 Å². The lowest BCUT2D eigenvalue weighted by Gasteiger charge is -2.18. The van der Waals surface area contributed by atoms with Crippen LogP contribution in [0, 0.1) is 4.77 Å². The van der Waals surface area contributed by atoms with Gasteiger partial charge in [-0.3, -0.25) is 14.5 Å². The number of nitrogens with zero attached hydrogens (tertiary/aromatic N) is 3. The van der Waals surface area contributed by atoms with Crippen molar-refractivity contribution in [2.45, 2.75) is 26.4 Å². The van der Waals surface area contributed by atoms with Crippen LogP contribution in [-0.2, 0) is 17.9 Å². The third-order valence-electron chi connectivity index (χ3n) is 4.13. The lowest BCUT2D eigenvalue weighted by atomic mass is 10.2. The minimum atomic E-state index is 0.0594. The molecule has 0 saturated carbocycles. The Morgan fingerprint density at radius 2 is 2.11 bits per heavy atom. The van der Waals surface area contributed by atoms with E-state index in [0.717, 1.165) is 22.0 Å². The van der Waals surface area contributed by atoms with E-state index >= 15 is 0 Å². The van der Waals surface area contributed by atoms with Crippen LogP contribution in [0.15, 0.2) is 41.8 Å². The molecule has 142 valence electrons. The molecule has 0 atom stereocenters. The van der Waals surface area contributed by atoms with Crippen molar-refractivity contribution < 1.29 is 9.53 Å². The molecule has 6 nitrogen and oxygen atoms in total. The second-order valence-corrected chi connectivity index (χ2v) is 7.39. The van der Waals surface area contributed by atoms with E-state index in [-0.39, 0.29) is 5.91 Å². The van der Waals surface area contributed by atoms with Crippen LogP contribution in [0.1, 0.15) is 18.9 Å². The summed E-state index contributed by atoms with van der Waals surface area (Å²) in [4.78, 5) is 15.3. The Labute approximate surface area is 167 Å². The normalized spacial score (nSPS) is 10.7. The van der Waals surface area contributed by atoms with Gasteiger partial charge in [0.1, 0.15) is 5.75 Å². The molecule has 3 rings (SSSR count). The van der Waals surface area contributed by atoms with Gasteiger partial charge in [0.15, 0.2) is 10.6 Å². The van der Waals surface area contributed by atoms with E-state index in [4.69, 9.17) is 17.0 Å². The SMILES string of the molecule is CCOc1ccc(CN(C)C(=O)CCn2c(-c3cccs3)n[nH]c2=S)cc1. The zero-order valence-electron chi connectivity index (χ0n) is 15.3. The van der Waals surface area contributed by atoms with E-state index in [1.165, 1.54) is 0 Å². The number of aromatic nitrogens is 3. The van der Waals surface area contributed by atoms with Gasteiger partial charge in [0.05, 0.1) is 11.5 Å². The van der Waals surface area contributed by atoms with Crippen molar-refractivity contribution >= 4 is 29.5 Å². The zero-order chi connectivity index (χ0) is 19.2. The number of thiophene rings is 1. The summed E-state index contributed by atoms with van der Waals surface area (Å²) in [6.45, 7) is 3.65. The summed E-state index contributed by atoms with van der Waals surface area (Å²) >= 11 is 6.91. The van der Waals surface area contributed by atoms with Gasteiger partial charge < -0.3 is 9.64 Å². The molecule has 3 aromatic rings. The molecule has 27 heavy (non-hydrogen) atoms. The molecule has 1 N–H and O–H groups in total. The van der Waals surface area contributed by atoms with Gasteiger partial charge in [-0.1, -0.05) is 18.2 Å². The average molecular weight is 403 g/mol. The highest BCUT2D eigenvalue weighted by atomic mass is 32.1. The Morgan fingerprint density at radius 1 is 1.33 bits per heavy atom. The van der Waals surface area contributed by atoms with Gasteiger partial charge in [-0.15, -0.1) is 11.3 Å². The maximum Gasteiger partial charge on any atom is 0.224 e. The molecule has 0 aliphatic rings. The fourth-order valence-electron chi connectivity index (χ4n) is 2.74. The Morgan fingerprint density at radius 3 is 2.78 bits per heavy atom.